The second-order valence-electron chi connectivity index (χ2n) is 10.2. The second kappa shape index (κ2) is 12.5. The lowest BCUT2D eigenvalue weighted by molar-refractivity contribution is 0.0192. The van der Waals surface area contributed by atoms with Gasteiger partial charge in [0.15, 0.2) is 5.78 Å². The fourth-order valence-electron chi connectivity index (χ4n) is 5.23. The predicted octanol–water partition coefficient (Wildman–Crippen LogP) is 2.89. The molecule has 0 bridgehead atoms. The summed E-state index contributed by atoms with van der Waals surface area (Å²) < 4.78 is 16.1. The third-order valence-corrected chi connectivity index (χ3v) is 7.58. The molecule has 2 unspecified atom stereocenters. The molecule has 0 aromatic heterocycles. The van der Waals surface area contributed by atoms with Gasteiger partial charge in [-0.15, -0.1) is 0 Å². The van der Waals surface area contributed by atoms with Crippen molar-refractivity contribution in [2.24, 2.45) is 5.92 Å². The minimum Gasteiger partial charge on any atom is -0.382 e. The first-order valence-corrected chi connectivity index (χ1v) is 13.1. The number of fused-ring (bicyclic) bond motifs is 1. The topological polar surface area (TPSA) is 54.5 Å². The number of hydrogen-bond acceptors (Lipinski definition) is 7. The van der Waals surface area contributed by atoms with E-state index < -0.39 is 0 Å². The Morgan fingerprint density at radius 2 is 1.71 bits per heavy atom. The third kappa shape index (κ3) is 6.79. The zero-order chi connectivity index (χ0) is 23.9. The van der Waals surface area contributed by atoms with Crippen LogP contribution in [0.1, 0.15) is 48.0 Å². The number of likely N-dealkylation sites (N-methyl/N-ethyl adjacent to an activating group) is 1. The standard InChI is InChI=1S/C27H43N3O4/c1-21-18-26(28(2)20-22-4-5-22)27(31)24-7-6-23(19-25(21)24)30-10-8-29(9-11-30)12-13-33-16-17-34-15-14-32-3/h6-7,19,21-22,26H,4-5,8-18,20H2,1-3H3. The molecule has 1 aromatic rings. The summed E-state index contributed by atoms with van der Waals surface area (Å²) in [6.45, 7) is 11.6. The van der Waals surface area contributed by atoms with Crippen LogP contribution in [-0.2, 0) is 14.2 Å². The summed E-state index contributed by atoms with van der Waals surface area (Å²) in [5.41, 5.74) is 3.44. The van der Waals surface area contributed by atoms with Gasteiger partial charge in [-0.25, -0.2) is 0 Å². The molecule has 2 aliphatic carbocycles. The summed E-state index contributed by atoms with van der Waals surface area (Å²) in [6, 6.07) is 6.58. The van der Waals surface area contributed by atoms with Crippen LogP contribution in [0.25, 0.3) is 0 Å². The molecule has 2 fully saturated rings. The summed E-state index contributed by atoms with van der Waals surface area (Å²) in [6.07, 6.45) is 3.58. The van der Waals surface area contributed by atoms with Crippen LogP contribution in [-0.4, -0.2) is 108 Å². The molecule has 7 heteroatoms. The van der Waals surface area contributed by atoms with E-state index in [0.29, 0.717) is 38.1 Å². The van der Waals surface area contributed by atoms with E-state index in [4.69, 9.17) is 14.2 Å². The number of rotatable bonds is 13. The van der Waals surface area contributed by atoms with Crippen molar-refractivity contribution >= 4 is 11.5 Å². The first-order chi connectivity index (χ1) is 16.6. The number of carbonyl (C=O) groups excluding carboxylic acids is 1. The molecule has 7 nitrogen and oxygen atoms in total. The van der Waals surface area contributed by atoms with Gasteiger partial charge < -0.3 is 19.1 Å². The lowest BCUT2D eigenvalue weighted by Gasteiger charge is -2.38. The number of carbonyl (C=O) groups is 1. The Morgan fingerprint density at radius 3 is 2.41 bits per heavy atom. The molecule has 2 atom stereocenters. The summed E-state index contributed by atoms with van der Waals surface area (Å²) in [5, 5.41) is 0. The fourth-order valence-corrected chi connectivity index (χ4v) is 5.23. The Bertz CT molecular complexity index is 792. The third-order valence-electron chi connectivity index (χ3n) is 7.58. The van der Waals surface area contributed by atoms with Crippen LogP contribution in [0.4, 0.5) is 5.69 Å². The highest BCUT2D eigenvalue weighted by atomic mass is 16.5. The van der Waals surface area contributed by atoms with Crippen molar-refractivity contribution in [3.8, 4) is 0 Å². The van der Waals surface area contributed by atoms with Crippen LogP contribution in [0, 0.1) is 5.92 Å². The van der Waals surface area contributed by atoms with Gasteiger partial charge >= 0.3 is 0 Å². The molecule has 0 N–H and O–H groups in total. The summed E-state index contributed by atoms with van der Waals surface area (Å²) in [5.74, 6) is 1.54. The number of piperazine rings is 1. The molecule has 3 aliphatic rings. The van der Waals surface area contributed by atoms with Gasteiger partial charge in [-0.1, -0.05) is 6.92 Å². The molecular formula is C27H43N3O4. The highest BCUT2D eigenvalue weighted by Crippen LogP contribution is 2.37. The van der Waals surface area contributed by atoms with E-state index in [2.05, 4.69) is 46.9 Å². The van der Waals surface area contributed by atoms with Gasteiger partial charge in [-0.3, -0.25) is 14.6 Å². The van der Waals surface area contributed by atoms with Crippen molar-refractivity contribution in [2.45, 2.75) is 38.1 Å². The van der Waals surface area contributed by atoms with E-state index in [1.807, 2.05) is 0 Å². The van der Waals surface area contributed by atoms with Crippen molar-refractivity contribution in [3.05, 3.63) is 29.3 Å². The highest BCUT2D eigenvalue weighted by Gasteiger charge is 2.36. The predicted molar refractivity (Wildman–Crippen MR) is 135 cm³/mol. The minimum absolute atomic E-state index is 0.0385. The van der Waals surface area contributed by atoms with Crippen molar-refractivity contribution in [1.29, 1.82) is 0 Å². The number of Topliss-reactive ketones (excluding diaryl/α,β-unsaturated/α-hetero) is 1. The maximum atomic E-state index is 13.3. The highest BCUT2D eigenvalue weighted by molar-refractivity contribution is 6.03. The van der Waals surface area contributed by atoms with Gasteiger partial charge in [0.1, 0.15) is 0 Å². The minimum atomic E-state index is 0.0385. The van der Waals surface area contributed by atoms with Crippen LogP contribution >= 0.6 is 0 Å². The van der Waals surface area contributed by atoms with Crippen LogP contribution < -0.4 is 4.90 Å². The quantitative estimate of drug-likeness (QED) is 0.408. The van der Waals surface area contributed by atoms with Crippen molar-refractivity contribution in [3.63, 3.8) is 0 Å². The Hall–Kier alpha value is -1.51. The smallest absolute Gasteiger partial charge is 0.180 e. The Morgan fingerprint density at radius 1 is 1.00 bits per heavy atom. The van der Waals surface area contributed by atoms with Crippen LogP contribution in [0.15, 0.2) is 18.2 Å². The van der Waals surface area contributed by atoms with E-state index in [9.17, 15) is 4.79 Å². The number of ketones is 1. The molecule has 34 heavy (non-hydrogen) atoms. The summed E-state index contributed by atoms with van der Waals surface area (Å²) >= 11 is 0. The van der Waals surface area contributed by atoms with E-state index in [1.165, 1.54) is 24.1 Å². The molecular weight excluding hydrogens is 430 g/mol. The van der Waals surface area contributed by atoms with Crippen molar-refractivity contribution in [2.75, 3.05) is 91.4 Å². The summed E-state index contributed by atoms with van der Waals surface area (Å²) in [4.78, 5) is 20.5. The number of nitrogens with zero attached hydrogens (tertiary/aromatic N) is 3. The zero-order valence-electron chi connectivity index (χ0n) is 21.3. The zero-order valence-corrected chi connectivity index (χ0v) is 21.3. The molecule has 1 saturated heterocycles. The molecule has 190 valence electrons. The van der Waals surface area contributed by atoms with Crippen LogP contribution in [0.2, 0.25) is 0 Å². The Labute approximate surface area is 205 Å². The monoisotopic (exact) mass is 473 g/mol. The first-order valence-electron chi connectivity index (χ1n) is 13.1. The number of benzene rings is 1. The number of anilines is 1. The van der Waals surface area contributed by atoms with Crippen LogP contribution in [0.5, 0.6) is 0 Å². The normalized spacial score (nSPS) is 23.5. The van der Waals surface area contributed by atoms with Gasteiger partial charge in [-0.05, 0) is 61.9 Å². The maximum absolute atomic E-state index is 13.3. The second-order valence-corrected chi connectivity index (χ2v) is 10.2. The van der Waals surface area contributed by atoms with Crippen molar-refractivity contribution in [1.82, 2.24) is 9.80 Å². The number of methoxy groups -OCH3 is 1. The van der Waals surface area contributed by atoms with E-state index >= 15 is 0 Å². The van der Waals surface area contributed by atoms with Crippen LogP contribution in [0.3, 0.4) is 0 Å². The van der Waals surface area contributed by atoms with Gasteiger partial charge in [-0.2, -0.15) is 0 Å². The lowest BCUT2D eigenvalue weighted by atomic mass is 9.79. The molecule has 0 amide bonds. The number of hydrogen-bond donors (Lipinski definition) is 0. The first kappa shape index (κ1) is 25.6. The Kier molecular flexibility index (Phi) is 9.37. The molecule has 1 aliphatic heterocycles. The summed E-state index contributed by atoms with van der Waals surface area (Å²) in [7, 11) is 3.81. The van der Waals surface area contributed by atoms with Gasteiger partial charge in [0, 0.05) is 57.6 Å². The molecule has 1 aromatic carbocycles. The number of ether oxygens (including phenoxy) is 3. The average molecular weight is 474 g/mol. The van der Waals surface area contributed by atoms with E-state index in [0.717, 1.165) is 63.8 Å². The SMILES string of the molecule is COCCOCCOCCN1CCN(c2ccc3c(c2)C(C)CC(N(C)CC2CC2)C3=O)CC1. The molecule has 0 spiro atoms. The lowest BCUT2D eigenvalue weighted by Crippen LogP contribution is -2.47. The fraction of sp³-hybridized carbons (Fsp3) is 0.741. The largest absolute Gasteiger partial charge is 0.382 e. The van der Waals surface area contributed by atoms with E-state index in [1.54, 1.807) is 7.11 Å². The average Bonchev–Trinajstić information content (AvgIpc) is 3.67. The van der Waals surface area contributed by atoms with E-state index in [-0.39, 0.29) is 6.04 Å². The molecule has 1 saturated carbocycles. The molecule has 0 radical (unpaired) electrons. The van der Waals surface area contributed by atoms with Crippen molar-refractivity contribution < 1.29 is 19.0 Å². The maximum Gasteiger partial charge on any atom is 0.180 e. The van der Waals surface area contributed by atoms with Gasteiger partial charge in [0.05, 0.1) is 39.1 Å². The van der Waals surface area contributed by atoms with Gasteiger partial charge in [0.25, 0.3) is 0 Å². The molecule has 1 heterocycles. The molecule has 4 rings (SSSR count). The van der Waals surface area contributed by atoms with Gasteiger partial charge in [0.2, 0.25) is 0 Å². The Balaban J connectivity index is 1.22.